The summed E-state index contributed by atoms with van der Waals surface area (Å²) in [5.74, 6) is 1.40. The third-order valence-corrected chi connectivity index (χ3v) is 3.74. The van der Waals surface area contributed by atoms with Crippen molar-refractivity contribution in [3.05, 3.63) is 77.2 Å². The maximum absolute atomic E-state index is 5.89. The average Bonchev–Trinajstić information content (AvgIpc) is 2.63. The molecule has 3 aromatic rings. The monoisotopic (exact) mass is 339 g/mol. The average molecular weight is 340 g/mol. The predicted octanol–water partition coefficient (Wildman–Crippen LogP) is 3.79. The van der Waals surface area contributed by atoms with Crippen LogP contribution in [-0.2, 0) is 13.0 Å². The van der Waals surface area contributed by atoms with Crippen LogP contribution in [0.3, 0.4) is 0 Å². The first-order chi connectivity index (χ1) is 11.8. The third-order valence-electron chi connectivity index (χ3n) is 3.49. The standard InChI is InChI=1S/C18H18ClN5/c19-16-3-1-14(2-4-16)7-11-21-17-8-12-22-18(24-17)23-13-15-5-9-20-10-6-15/h1-6,8-10,12H,7,11,13H2,(H2,21,22,23,24). The second-order valence-electron chi connectivity index (χ2n) is 5.28. The number of anilines is 2. The molecule has 2 N–H and O–H groups in total. The van der Waals surface area contributed by atoms with Crippen LogP contribution in [-0.4, -0.2) is 21.5 Å². The van der Waals surface area contributed by atoms with Crippen molar-refractivity contribution in [3.63, 3.8) is 0 Å². The van der Waals surface area contributed by atoms with Crippen molar-refractivity contribution in [2.24, 2.45) is 0 Å². The van der Waals surface area contributed by atoms with Gasteiger partial charge in [-0.2, -0.15) is 4.98 Å². The van der Waals surface area contributed by atoms with Gasteiger partial charge in [0.25, 0.3) is 0 Å². The van der Waals surface area contributed by atoms with Crippen molar-refractivity contribution >= 4 is 23.4 Å². The van der Waals surface area contributed by atoms with Crippen molar-refractivity contribution in [3.8, 4) is 0 Å². The van der Waals surface area contributed by atoms with E-state index in [1.54, 1.807) is 18.6 Å². The molecule has 0 radical (unpaired) electrons. The summed E-state index contributed by atoms with van der Waals surface area (Å²) in [6.45, 7) is 1.46. The Morgan fingerprint density at radius 3 is 2.42 bits per heavy atom. The van der Waals surface area contributed by atoms with Crippen LogP contribution < -0.4 is 10.6 Å². The quantitative estimate of drug-likeness (QED) is 0.685. The van der Waals surface area contributed by atoms with Gasteiger partial charge in [0.1, 0.15) is 5.82 Å². The summed E-state index contributed by atoms with van der Waals surface area (Å²) in [7, 11) is 0. The lowest BCUT2D eigenvalue weighted by atomic mass is 10.1. The van der Waals surface area contributed by atoms with Gasteiger partial charge in [0.15, 0.2) is 0 Å². The smallest absolute Gasteiger partial charge is 0.224 e. The van der Waals surface area contributed by atoms with Gasteiger partial charge in [-0.1, -0.05) is 23.7 Å². The Morgan fingerprint density at radius 1 is 0.833 bits per heavy atom. The van der Waals surface area contributed by atoms with Gasteiger partial charge in [0.2, 0.25) is 5.95 Å². The van der Waals surface area contributed by atoms with Gasteiger partial charge in [-0.25, -0.2) is 4.98 Å². The Morgan fingerprint density at radius 2 is 1.62 bits per heavy atom. The zero-order valence-electron chi connectivity index (χ0n) is 13.1. The molecule has 24 heavy (non-hydrogen) atoms. The topological polar surface area (TPSA) is 62.7 Å². The molecule has 3 rings (SSSR count). The minimum absolute atomic E-state index is 0.600. The van der Waals surface area contributed by atoms with E-state index in [2.05, 4.69) is 25.6 Å². The number of hydrogen-bond donors (Lipinski definition) is 2. The van der Waals surface area contributed by atoms with Crippen molar-refractivity contribution in [2.45, 2.75) is 13.0 Å². The fourth-order valence-corrected chi connectivity index (χ4v) is 2.34. The summed E-state index contributed by atoms with van der Waals surface area (Å²) >= 11 is 5.89. The summed E-state index contributed by atoms with van der Waals surface area (Å²) in [5, 5.41) is 7.28. The first-order valence-corrected chi connectivity index (χ1v) is 8.11. The molecule has 0 amide bonds. The molecule has 0 spiro atoms. The molecule has 0 aliphatic carbocycles. The fourth-order valence-electron chi connectivity index (χ4n) is 2.21. The number of aromatic nitrogens is 3. The number of rotatable bonds is 7. The van der Waals surface area contributed by atoms with Crippen molar-refractivity contribution in [1.29, 1.82) is 0 Å². The van der Waals surface area contributed by atoms with E-state index in [9.17, 15) is 0 Å². The lowest BCUT2D eigenvalue weighted by Crippen LogP contribution is -2.09. The predicted molar refractivity (Wildman–Crippen MR) is 97.2 cm³/mol. The fraction of sp³-hybridized carbons (Fsp3) is 0.167. The Hall–Kier alpha value is -2.66. The lowest BCUT2D eigenvalue weighted by molar-refractivity contribution is 0.990. The van der Waals surface area contributed by atoms with E-state index in [-0.39, 0.29) is 0 Å². The van der Waals surface area contributed by atoms with E-state index in [4.69, 9.17) is 11.6 Å². The van der Waals surface area contributed by atoms with Gasteiger partial charge < -0.3 is 10.6 Å². The summed E-state index contributed by atoms with van der Waals surface area (Å²) < 4.78 is 0. The molecule has 0 fully saturated rings. The molecule has 5 nitrogen and oxygen atoms in total. The number of nitrogens with zero attached hydrogens (tertiary/aromatic N) is 3. The highest BCUT2D eigenvalue weighted by Crippen LogP contribution is 2.11. The van der Waals surface area contributed by atoms with E-state index in [1.165, 1.54) is 5.56 Å². The summed E-state index contributed by atoms with van der Waals surface area (Å²) in [5.41, 5.74) is 2.37. The van der Waals surface area contributed by atoms with Gasteiger partial charge in [0, 0.05) is 36.7 Å². The Labute approximate surface area is 146 Å². The highest BCUT2D eigenvalue weighted by Gasteiger charge is 2.00. The summed E-state index contributed by atoms with van der Waals surface area (Å²) in [4.78, 5) is 12.7. The minimum Gasteiger partial charge on any atom is -0.370 e. The number of hydrogen-bond acceptors (Lipinski definition) is 5. The van der Waals surface area contributed by atoms with E-state index in [0.29, 0.717) is 12.5 Å². The SMILES string of the molecule is Clc1ccc(CCNc2ccnc(NCc3ccncc3)n2)cc1. The molecule has 0 atom stereocenters. The van der Waals surface area contributed by atoms with E-state index >= 15 is 0 Å². The Kier molecular flexibility index (Phi) is 5.58. The maximum Gasteiger partial charge on any atom is 0.224 e. The van der Waals surface area contributed by atoms with Crippen LogP contribution in [0.5, 0.6) is 0 Å². The minimum atomic E-state index is 0.600. The molecule has 0 bridgehead atoms. The zero-order valence-corrected chi connectivity index (χ0v) is 13.9. The van der Waals surface area contributed by atoms with Crippen LogP contribution in [0.2, 0.25) is 5.02 Å². The van der Waals surface area contributed by atoms with Gasteiger partial charge >= 0.3 is 0 Å². The second-order valence-corrected chi connectivity index (χ2v) is 5.71. The highest BCUT2D eigenvalue weighted by molar-refractivity contribution is 6.30. The van der Waals surface area contributed by atoms with Crippen LogP contribution in [0.25, 0.3) is 0 Å². The van der Waals surface area contributed by atoms with Crippen molar-refractivity contribution in [2.75, 3.05) is 17.2 Å². The van der Waals surface area contributed by atoms with Gasteiger partial charge in [-0.15, -0.1) is 0 Å². The molecule has 0 saturated heterocycles. The van der Waals surface area contributed by atoms with Crippen LogP contribution in [0.4, 0.5) is 11.8 Å². The molecule has 0 unspecified atom stereocenters. The molecule has 2 heterocycles. The molecule has 122 valence electrons. The van der Waals surface area contributed by atoms with Crippen LogP contribution in [0.15, 0.2) is 61.1 Å². The van der Waals surface area contributed by atoms with E-state index in [1.807, 2.05) is 42.5 Å². The third kappa shape index (κ3) is 4.93. The maximum atomic E-state index is 5.89. The number of nitrogens with one attached hydrogen (secondary N) is 2. The zero-order chi connectivity index (χ0) is 16.6. The molecule has 6 heteroatoms. The van der Waals surface area contributed by atoms with Gasteiger partial charge in [-0.3, -0.25) is 4.98 Å². The van der Waals surface area contributed by atoms with Gasteiger partial charge in [-0.05, 0) is 47.9 Å². The molecule has 0 saturated carbocycles. The van der Waals surface area contributed by atoms with E-state index in [0.717, 1.165) is 29.4 Å². The van der Waals surface area contributed by atoms with E-state index < -0.39 is 0 Å². The molecular weight excluding hydrogens is 322 g/mol. The number of halogens is 1. The highest BCUT2D eigenvalue weighted by atomic mass is 35.5. The summed E-state index contributed by atoms with van der Waals surface area (Å²) in [6, 6.07) is 13.7. The molecule has 2 aromatic heterocycles. The first-order valence-electron chi connectivity index (χ1n) is 7.74. The normalized spacial score (nSPS) is 10.4. The van der Waals surface area contributed by atoms with Crippen LogP contribution >= 0.6 is 11.6 Å². The molecule has 0 aliphatic rings. The van der Waals surface area contributed by atoms with Crippen LogP contribution in [0.1, 0.15) is 11.1 Å². The van der Waals surface area contributed by atoms with Crippen molar-refractivity contribution < 1.29 is 0 Å². The number of benzene rings is 1. The lowest BCUT2D eigenvalue weighted by Gasteiger charge is -2.08. The van der Waals surface area contributed by atoms with Crippen molar-refractivity contribution in [1.82, 2.24) is 15.0 Å². The second kappa shape index (κ2) is 8.26. The summed E-state index contributed by atoms with van der Waals surface area (Å²) in [6.07, 6.45) is 6.19. The van der Waals surface area contributed by atoms with Crippen LogP contribution in [0, 0.1) is 0 Å². The largest absolute Gasteiger partial charge is 0.370 e. The molecule has 1 aromatic carbocycles. The Bertz CT molecular complexity index is 762. The first kappa shape index (κ1) is 16.2. The Balaban J connectivity index is 1.50. The number of pyridine rings is 1. The molecule has 0 aliphatic heterocycles. The van der Waals surface area contributed by atoms with Gasteiger partial charge in [0.05, 0.1) is 0 Å². The molecular formula is C18H18ClN5.